The van der Waals surface area contributed by atoms with Crippen LogP contribution in [-0.2, 0) is 14.3 Å². The Morgan fingerprint density at radius 3 is 2.68 bits per heavy atom. The van der Waals surface area contributed by atoms with E-state index in [0.29, 0.717) is 23.9 Å². The van der Waals surface area contributed by atoms with Crippen molar-refractivity contribution in [3.63, 3.8) is 0 Å². The first kappa shape index (κ1) is 17.7. The van der Waals surface area contributed by atoms with Crippen LogP contribution in [0.15, 0.2) is 24.3 Å². The quantitative estimate of drug-likeness (QED) is 0.807. The van der Waals surface area contributed by atoms with E-state index in [2.05, 4.69) is 5.32 Å². The lowest BCUT2D eigenvalue weighted by Gasteiger charge is -2.19. The van der Waals surface area contributed by atoms with Gasteiger partial charge in [0, 0.05) is 23.9 Å². The van der Waals surface area contributed by atoms with Crippen LogP contribution in [0.25, 0.3) is 0 Å². The predicted molar refractivity (Wildman–Crippen MR) is 92.5 cm³/mol. The van der Waals surface area contributed by atoms with E-state index in [4.69, 9.17) is 16.3 Å². The van der Waals surface area contributed by atoms with Crippen LogP contribution in [0.4, 0.5) is 10.5 Å². The molecule has 2 aliphatic rings. The number of hydrogen-bond donors (Lipinski definition) is 1. The molecule has 0 radical (unpaired) electrons. The van der Waals surface area contributed by atoms with Crippen molar-refractivity contribution in [2.75, 3.05) is 24.6 Å². The second-order valence-electron chi connectivity index (χ2n) is 6.17. The molecule has 2 fully saturated rings. The third-order valence-electron chi connectivity index (χ3n) is 4.41. The summed E-state index contributed by atoms with van der Waals surface area (Å²) in [6.07, 6.45) is 1.90. The maximum Gasteiger partial charge on any atom is 0.332 e. The summed E-state index contributed by atoms with van der Waals surface area (Å²) in [5.41, 5.74) is 0.567. The minimum Gasteiger partial charge on any atom is -0.376 e. The van der Waals surface area contributed by atoms with Crippen LogP contribution in [0.1, 0.15) is 19.8 Å². The average Bonchev–Trinajstić information content (AvgIpc) is 3.18. The molecule has 4 amide bonds. The largest absolute Gasteiger partial charge is 0.376 e. The zero-order valence-corrected chi connectivity index (χ0v) is 14.7. The lowest BCUT2D eigenvalue weighted by Crippen LogP contribution is -2.43. The SMILES string of the molecule is CC1C(=O)N(CC(=O)NCC2CCCO2)C(=O)N1c1ccc(Cl)cc1. The second-order valence-corrected chi connectivity index (χ2v) is 6.60. The number of hydrogen-bond acceptors (Lipinski definition) is 4. The highest BCUT2D eigenvalue weighted by atomic mass is 35.5. The first-order valence-corrected chi connectivity index (χ1v) is 8.63. The highest BCUT2D eigenvalue weighted by Gasteiger charge is 2.44. The molecule has 2 atom stereocenters. The van der Waals surface area contributed by atoms with Gasteiger partial charge in [0.2, 0.25) is 5.91 Å². The molecule has 0 spiro atoms. The standard InChI is InChI=1S/C17H20ClN3O4/c1-11-16(23)20(10-15(22)19-9-14-3-2-8-25-14)17(24)21(11)13-6-4-12(18)5-7-13/h4-7,11,14H,2-3,8-10H2,1H3,(H,19,22). The Kier molecular flexibility index (Phi) is 5.24. The fourth-order valence-electron chi connectivity index (χ4n) is 3.04. The summed E-state index contributed by atoms with van der Waals surface area (Å²) in [7, 11) is 0. The van der Waals surface area contributed by atoms with Gasteiger partial charge in [-0.25, -0.2) is 4.79 Å². The van der Waals surface area contributed by atoms with Gasteiger partial charge in [-0.05, 0) is 44.0 Å². The van der Waals surface area contributed by atoms with Crippen LogP contribution in [0.2, 0.25) is 5.02 Å². The van der Waals surface area contributed by atoms with E-state index in [1.54, 1.807) is 31.2 Å². The monoisotopic (exact) mass is 365 g/mol. The van der Waals surface area contributed by atoms with E-state index in [1.165, 1.54) is 4.90 Å². The molecule has 3 rings (SSSR count). The molecular formula is C17H20ClN3O4. The van der Waals surface area contributed by atoms with Gasteiger partial charge in [-0.1, -0.05) is 11.6 Å². The Morgan fingerprint density at radius 1 is 1.32 bits per heavy atom. The van der Waals surface area contributed by atoms with E-state index >= 15 is 0 Å². The van der Waals surface area contributed by atoms with Crippen molar-refractivity contribution in [2.45, 2.75) is 31.9 Å². The van der Waals surface area contributed by atoms with Crippen molar-refractivity contribution < 1.29 is 19.1 Å². The number of carbonyl (C=O) groups excluding carboxylic acids is 3. The van der Waals surface area contributed by atoms with Crippen molar-refractivity contribution in [1.29, 1.82) is 0 Å². The lowest BCUT2D eigenvalue weighted by molar-refractivity contribution is -0.132. The van der Waals surface area contributed by atoms with Gasteiger partial charge in [0.25, 0.3) is 5.91 Å². The van der Waals surface area contributed by atoms with Crippen LogP contribution in [-0.4, -0.2) is 54.6 Å². The zero-order chi connectivity index (χ0) is 18.0. The summed E-state index contributed by atoms with van der Waals surface area (Å²) in [6.45, 7) is 2.45. The van der Waals surface area contributed by atoms with Gasteiger partial charge in [0.15, 0.2) is 0 Å². The normalized spacial score (nSPS) is 23.4. The van der Waals surface area contributed by atoms with E-state index in [0.717, 1.165) is 17.7 Å². The Hall–Kier alpha value is -2.12. The van der Waals surface area contributed by atoms with Gasteiger partial charge < -0.3 is 10.1 Å². The van der Waals surface area contributed by atoms with Crippen LogP contribution >= 0.6 is 11.6 Å². The zero-order valence-electron chi connectivity index (χ0n) is 13.9. The molecule has 1 aromatic rings. The third-order valence-corrected chi connectivity index (χ3v) is 4.66. The van der Waals surface area contributed by atoms with Crippen molar-refractivity contribution in [3.8, 4) is 0 Å². The van der Waals surface area contributed by atoms with Crippen LogP contribution in [0.5, 0.6) is 0 Å². The summed E-state index contributed by atoms with van der Waals surface area (Å²) in [4.78, 5) is 39.4. The number of nitrogens with zero attached hydrogens (tertiary/aromatic N) is 2. The number of amides is 4. The molecule has 1 aromatic carbocycles. The average molecular weight is 366 g/mol. The molecule has 8 heteroatoms. The number of halogens is 1. The van der Waals surface area contributed by atoms with E-state index < -0.39 is 18.0 Å². The van der Waals surface area contributed by atoms with Crippen molar-refractivity contribution in [3.05, 3.63) is 29.3 Å². The number of anilines is 1. The summed E-state index contributed by atoms with van der Waals surface area (Å²) < 4.78 is 5.44. The first-order chi connectivity index (χ1) is 12.0. The molecule has 0 bridgehead atoms. The molecule has 25 heavy (non-hydrogen) atoms. The Balaban J connectivity index is 1.63. The Labute approximate surface area is 150 Å². The van der Waals surface area contributed by atoms with Gasteiger partial charge in [0.05, 0.1) is 6.10 Å². The highest BCUT2D eigenvalue weighted by Crippen LogP contribution is 2.26. The van der Waals surface area contributed by atoms with Gasteiger partial charge in [-0.3, -0.25) is 19.4 Å². The van der Waals surface area contributed by atoms with Gasteiger partial charge >= 0.3 is 6.03 Å². The van der Waals surface area contributed by atoms with Crippen LogP contribution in [0, 0.1) is 0 Å². The lowest BCUT2D eigenvalue weighted by atomic mass is 10.2. The maximum atomic E-state index is 12.6. The number of nitrogens with one attached hydrogen (secondary N) is 1. The van der Waals surface area contributed by atoms with Crippen LogP contribution in [0.3, 0.4) is 0 Å². The number of benzene rings is 1. The van der Waals surface area contributed by atoms with Crippen molar-refractivity contribution >= 4 is 35.1 Å². The third kappa shape index (κ3) is 3.77. The van der Waals surface area contributed by atoms with Crippen molar-refractivity contribution in [2.24, 2.45) is 0 Å². The number of imide groups is 1. The summed E-state index contributed by atoms with van der Waals surface area (Å²) in [5.74, 6) is -0.769. The molecule has 2 saturated heterocycles. The molecule has 0 saturated carbocycles. The topological polar surface area (TPSA) is 79.0 Å². The fraction of sp³-hybridized carbons (Fsp3) is 0.471. The summed E-state index contributed by atoms with van der Waals surface area (Å²) in [6, 6.07) is 5.47. The molecule has 1 N–H and O–H groups in total. The minimum absolute atomic E-state index is 0.0124. The molecule has 7 nitrogen and oxygen atoms in total. The number of urea groups is 1. The number of ether oxygens (including phenoxy) is 1. The number of rotatable bonds is 5. The molecule has 0 aromatic heterocycles. The van der Waals surface area contributed by atoms with Crippen molar-refractivity contribution in [1.82, 2.24) is 10.2 Å². The molecule has 0 aliphatic carbocycles. The van der Waals surface area contributed by atoms with Gasteiger partial charge in [0.1, 0.15) is 12.6 Å². The minimum atomic E-state index is -0.667. The molecule has 2 heterocycles. The van der Waals surface area contributed by atoms with E-state index in [9.17, 15) is 14.4 Å². The van der Waals surface area contributed by atoms with Crippen LogP contribution < -0.4 is 10.2 Å². The molecule has 2 aliphatic heterocycles. The van der Waals surface area contributed by atoms with E-state index in [-0.39, 0.29) is 18.6 Å². The van der Waals surface area contributed by atoms with E-state index in [1.807, 2.05) is 0 Å². The molecule has 134 valence electrons. The first-order valence-electron chi connectivity index (χ1n) is 8.26. The number of carbonyl (C=O) groups is 3. The predicted octanol–water partition coefficient (Wildman–Crippen LogP) is 1.79. The summed E-state index contributed by atoms with van der Waals surface area (Å²) in [5, 5.41) is 3.26. The van der Waals surface area contributed by atoms with Gasteiger partial charge in [-0.15, -0.1) is 0 Å². The second kappa shape index (κ2) is 7.41. The van der Waals surface area contributed by atoms with Gasteiger partial charge in [-0.2, -0.15) is 0 Å². The Morgan fingerprint density at radius 2 is 2.04 bits per heavy atom. The smallest absolute Gasteiger partial charge is 0.332 e. The highest BCUT2D eigenvalue weighted by molar-refractivity contribution is 6.30. The maximum absolute atomic E-state index is 12.6. The summed E-state index contributed by atoms with van der Waals surface area (Å²) >= 11 is 5.86. The Bertz CT molecular complexity index is 673. The fourth-order valence-corrected chi connectivity index (χ4v) is 3.17. The molecule has 2 unspecified atom stereocenters. The molecular weight excluding hydrogens is 346 g/mol.